The van der Waals surface area contributed by atoms with Crippen molar-refractivity contribution in [2.24, 2.45) is 5.41 Å². The summed E-state index contributed by atoms with van der Waals surface area (Å²) < 4.78 is 5.56. The molecule has 32 heavy (non-hydrogen) atoms. The quantitative estimate of drug-likeness (QED) is 0.474. The molecule has 164 valence electrons. The monoisotopic (exact) mass is 428 g/mol. The van der Waals surface area contributed by atoms with Crippen LogP contribution in [0.1, 0.15) is 53.2 Å². The number of methoxy groups -OCH3 is 1. The van der Waals surface area contributed by atoms with E-state index in [1.54, 1.807) is 19.2 Å². The van der Waals surface area contributed by atoms with E-state index in [1.807, 2.05) is 42.5 Å². The third kappa shape index (κ3) is 4.05. The molecule has 0 saturated heterocycles. The van der Waals surface area contributed by atoms with E-state index in [4.69, 9.17) is 4.74 Å². The van der Waals surface area contributed by atoms with Gasteiger partial charge in [0.1, 0.15) is 5.75 Å². The molecule has 0 amide bonds. The first-order valence-electron chi connectivity index (χ1n) is 10.9. The number of ether oxygens (including phenoxy) is 1. The Hall–Kier alpha value is -3.40. The Morgan fingerprint density at radius 3 is 2.25 bits per heavy atom. The normalized spacial score (nSPS) is 14.2. The van der Waals surface area contributed by atoms with Crippen LogP contribution in [0.2, 0.25) is 0 Å². The highest BCUT2D eigenvalue weighted by molar-refractivity contribution is 6.00. The molecular weight excluding hydrogens is 400 g/mol. The molecule has 4 nitrogen and oxygen atoms in total. The predicted molar refractivity (Wildman–Crippen MR) is 125 cm³/mol. The summed E-state index contributed by atoms with van der Waals surface area (Å²) in [6.45, 7) is 4.28. The fraction of sp³-hybridized carbons (Fsp3) is 0.286. The Labute approximate surface area is 188 Å². The van der Waals surface area contributed by atoms with Gasteiger partial charge in [0.25, 0.3) is 0 Å². The Bertz CT molecular complexity index is 1150. The van der Waals surface area contributed by atoms with Gasteiger partial charge >= 0.3 is 5.97 Å². The van der Waals surface area contributed by atoms with Crippen LogP contribution in [0.5, 0.6) is 5.75 Å². The van der Waals surface area contributed by atoms with E-state index in [0.717, 1.165) is 22.3 Å². The van der Waals surface area contributed by atoms with Gasteiger partial charge in [-0.3, -0.25) is 9.59 Å². The molecule has 0 aliphatic heterocycles. The molecule has 0 spiro atoms. The number of hydrogen-bond donors (Lipinski definition) is 1. The lowest BCUT2D eigenvalue weighted by Crippen LogP contribution is -2.34. The summed E-state index contributed by atoms with van der Waals surface area (Å²) in [4.78, 5) is 25.6. The molecule has 1 N–H and O–H groups in total. The maximum atomic E-state index is 13.3. The van der Waals surface area contributed by atoms with E-state index in [9.17, 15) is 14.7 Å². The summed E-state index contributed by atoms with van der Waals surface area (Å²) in [5.74, 6) is -0.0154. The molecule has 0 heterocycles. The highest BCUT2D eigenvalue weighted by Gasteiger charge is 2.45. The van der Waals surface area contributed by atoms with Gasteiger partial charge in [-0.15, -0.1) is 0 Å². The maximum Gasteiger partial charge on any atom is 0.310 e. The zero-order valence-corrected chi connectivity index (χ0v) is 18.7. The minimum absolute atomic E-state index is 0.0329. The van der Waals surface area contributed by atoms with Crippen LogP contribution in [0.4, 0.5) is 0 Å². The van der Waals surface area contributed by atoms with Crippen LogP contribution in [0.3, 0.4) is 0 Å². The third-order valence-corrected chi connectivity index (χ3v) is 6.51. The van der Waals surface area contributed by atoms with Gasteiger partial charge in [-0.05, 0) is 59.2 Å². The van der Waals surface area contributed by atoms with Gasteiger partial charge < -0.3 is 9.84 Å². The van der Waals surface area contributed by atoms with E-state index >= 15 is 0 Å². The van der Waals surface area contributed by atoms with Crippen LogP contribution in [-0.4, -0.2) is 24.0 Å². The molecule has 4 rings (SSSR count). The molecule has 1 aliphatic carbocycles. The molecule has 0 radical (unpaired) electrons. The smallest absolute Gasteiger partial charge is 0.310 e. The Morgan fingerprint density at radius 2 is 1.66 bits per heavy atom. The number of benzene rings is 3. The molecule has 0 saturated carbocycles. The third-order valence-electron chi connectivity index (χ3n) is 6.51. The molecule has 3 aromatic carbocycles. The minimum atomic E-state index is -1.10. The first-order chi connectivity index (χ1) is 15.3. The number of carboxylic acid groups (broad SMARTS) is 1. The fourth-order valence-corrected chi connectivity index (χ4v) is 4.63. The summed E-state index contributed by atoms with van der Waals surface area (Å²) >= 11 is 0. The van der Waals surface area contributed by atoms with Gasteiger partial charge in [-0.2, -0.15) is 0 Å². The molecule has 4 heteroatoms. The average Bonchev–Trinajstić information content (AvgIpc) is 3.18. The Morgan fingerprint density at radius 1 is 0.969 bits per heavy atom. The van der Waals surface area contributed by atoms with Crippen molar-refractivity contribution in [3.05, 3.63) is 89.0 Å². The topological polar surface area (TPSA) is 63.6 Å². The number of carbonyl (C=O) groups is 2. The zero-order chi connectivity index (χ0) is 22.9. The minimum Gasteiger partial charge on any atom is -0.496 e. The molecule has 3 aromatic rings. The van der Waals surface area contributed by atoms with E-state index in [1.165, 1.54) is 5.56 Å². The number of fused-ring (bicyclic) bond motifs is 1. The van der Waals surface area contributed by atoms with Crippen molar-refractivity contribution < 1.29 is 19.4 Å². The van der Waals surface area contributed by atoms with Gasteiger partial charge in [0.15, 0.2) is 5.78 Å². The van der Waals surface area contributed by atoms with Crippen molar-refractivity contribution in [1.82, 2.24) is 0 Å². The molecule has 0 bridgehead atoms. The summed E-state index contributed by atoms with van der Waals surface area (Å²) in [6, 6.07) is 21.3. The van der Waals surface area contributed by atoms with Crippen LogP contribution < -0.4 is 4.74 Å². The number of ketones is 1. The molecule has 0 aromatic heterocycles. The van der Waals surface area contributed by atoms with Crippen molar-refractivity contribution in [1.29, 1.82) is 0 Å². The van der Waals surface area contributed by atoms with Crippen LogP contribution in [0, 0.1) is 5.41 Å². The summed E-state index contributed by atoms with van der Waals surface area (Å²) in [5, 5.41) is 10.1. The van der Waals surface area contributed by atoms with Crippen molar-refractivity contribution in [2.75, 3.05) is 7.11 Å². The van der Waals surface area contributed by atoms with Crippen LogP contribution in [0.15, 0.2) is 66.7 Å². The predicted octanol–water partition coefficient (Wildman–Crippen LogP) is 5.93. The van der Waals surface area contributed by atoms with Gasteiger partial charge in [0.2, 0.25) is 0 Å². The molecular formula is C28H28O4. The zero-order valence-electron chi connectivity index (χ0n) is 18.7. The van der Waals surface area contributed by atoms with E-state index in [0.29, 0.717) is 30.1 Å². The van der Waals surface area contributed by atoms with Crippen molar-refractivity contribution >= 4 is 11.8 Å². The lowest BCUT2D eigenvalue weighted by atomic mass is 9.78. The summed E-state index contributed by atoms with van der Waals surface area (Å²) in [7, 11) is 1.61. The fourth-order valence-electron chi connectivity index (χ4n) is 4.63. The second-order valence-corrected chi connectivity index (χ2v) is 9.00. The highest BCUT2D eigenvalue weighted by atomic mass is 16.5. The van der Waals surface area contributed by atoms with Gasteiger partial charge in [-0.1, -0.05) is 62.4 Å². The van der Waals surface area contributed by atoms with Crippen molar-refractivity contribution in [3.63, 3.8) is 0 Å². The molecule has 0 unspecified atom stereocenters. The highest BCUT2D eigenvalue weighted by Crippen LogP contribution is 2.41. The molecule has 0 atom stereocenters. The number of Topliss-reactive ketones (excluding diaryl/α,β-unsaturated/α-hetero) is 1. The van der Waals surface area contributed by atoms with Gasteiger partial charge in [0, 0.05) is 17.5 Å². The number of carbonyl (C=O) groups excluding carboxylic acids is 1. The van der Waals surface area contributed by atoms with Crippen molar-refractivity contribution in [3.8, 4) is 16.9 Å². The number of aliphatic carboxylic acids is 1. The summed E-state index contributed by atoms with van der Waals surface area (Å²) in [5.41, 5.74) is 4.46. The SMILES string of the molecule is COc1ccc(C(=O)CC2(C(=O)O)Cc3ccccc3C2)cc1-c1cccc(C(C)C)c1. The van der Waals surface area contributed by atoms with E-state index < -0.39 is 11.4 Å². The van der Waals surface area contributed by atoms with E-state index in [-0.39, 0.29) is 12.2 Å². The maximum absolute atomic E-state index is 13.3. The lowest BCUT2D eigenvalue weighted by molar-refractivity contribution is -0.148. The van der Waals surface area contributed by atoms with E-state index in [2.05, 4.69) is 26.0 Å². The standard InChI is InChI=1S/C28H28O4/c1-18(2)19-9-6-10-20(13-19)24-14-21(11-12-26(24)32-3)25(29)17-28(27(30)31)15-22-7-4-5-8-23(22)16-28/h4-14,18H,15-17H2,1-3H3,(H,30,31). The lowest BCUT2D eigenvalue weighted by Gasteiger charge is -2.23. The molecule has 1 aliphatic rings. The van der Waals surface area contributed by atoms with Crippen LogP contribution in [0.25, 0.3) is 11.1 Å². The second-order valence-electron chi connectivity index (χ2n) is 9.00. The number of rotatable bonds is 7. The second kappa shape index (κ2) is 8.62. The Kier molecular flexibility index (Phi) is 5.88. The van der Waals surface area contributed by atoms with Crippen LogP contribution >= 0.6 is 0 Å². The summed E-state index contributed by atoms with van der Waals surface area (Å²) in [6.07, 6.45) is 0.724. The first kappa shape index (κ1) is 21.8. The number of hydrogen-bond acceptors (Lipinski definition) is 3. The number of carboxylic acids is 1. The average molecular weight is 429 g/mol. The van der Waals surface area contributed by atoms with Crippen molar-refractivity contribution in [2.45, 2.75) is 39.0 Å². The Balaban J connectivity index is 1.67. The van der Waals surface area contributed by atoms with Gasteiger partial charge in [0.05, 0.1) is 12.5 Å². The van der Waals surface area contributed by atoms with Crippen LogP contribution in [-0.2, 0) is 17.6 Å². The van der Waals surface area contributed by atoms with Gasteiger partial charge in [-0.25, -0.2) is 0 Å². The largest absolute Gasteiger partial charge is 0.496 e. The molecule has 0 fully saturated rings. The first-order valence-corrected chi connectivity index (χ1v) is 10.9.